The molecule has 4 rings (SSSR count). The summed E-state index contributed by atoms with van der Waals surface area (Å²) in [6.45, 7) is 2.65. The number of nitrogens with zero attached hydrogens (tertiary/aromatic N) is 1. The first-order valence-electron chi connectivity index (χ1n) is 9.61. The number of ether oxygens (including phenoxy) is 2. The highest BCUT2D eigenvalue weighted by atomic mass is 127. The van der Waals surface area contributed by atoms with E-state index >= 15 is 0 Å². The lowest BCUT2D eigenvalue weighted by Crippen LogP contribution is -2.47. The number of aliphatic imine (C=N–C) groups is 1. The summed E-state index contributed by atoms with van der Waals surface area (Å²) in [5, 5.41) is 7.14. The Labute approximate surface area is 173 Å². The molecule has 2 heterocycles. The van der Waals surface area contributed by atoms with E-state index in [9.17, 15) is 0 Å². The van der Waals surface area contributed by atoms with Crippen LogP contribution in [-0.4, -0.2) is 38.4 Å². The topological polar surface area (TPSA) is 54.9 Å². The Morgan fingerprint density at radius 3 is 2.81 bits per heavy atom. The first-order valence-corrected chi connectivity index (χ1v) is 9.61. The van der Waals surface area contributed by atoms with Crippen molar-refractivity contribution >= 4 is 29.9 Å². The van der Waals surface area contributed by atoms with E-state index in [4.69, 9.17) is 9.47 Å². The highest BCUT2D eigenvalue weighted by Gasteiger charge is 2.43. The molecule has 2 unspecified atom stereocenters. The molecule has 1 spiro atoms. The number of para-hydroxylation sites is 1. The van der Waals surface area contributed by atoms with Crippen LogP contribution in [-0.2, 0) is 4.74 Å². The minimum absolute atomic E-state index is 0. The van der Waals surface area contributed by atoms with E-state index in [1.165, 1.54) is 18.4 Å². The van der Waals surface area contributed by atoms with E-state index in [2.05, 4.69) is 39.9 Å². The average molecular weight is 471 g/mol. The first-order chi connectivity index (χ1) is 12.3. The summed E-state index contributed by atoms with van der Waals surface area (Å²) in [6, 6.07) is 8.68. The normalized spacial score (nSPS) is 26.7. The van der Waals surface area contributed by atoms with E-state index in [1.54, 1.807) is 0 Å². The summed E-state index contributed by atoms with van der Waals surface area (Å²) in [4.78, 5) is 4.44. The highest BCUT2D eigenvalue weighted by molar-refractivity contribution is 14.0. The van der Waals surface area contributed by atoms with Crippen molar-refractivity contribution in [3.05, 3.63) is 29.8 Å². The number of rotatable bonds is 3. The lowest BCUT2D eigenvalue weighted by molar-refractivity contribution is 0.0396. The van der Waals surface area contributed by atoms with Gasteiger partial charge < -0.3 is 20.1 Å². The standard InChI is InChI=1S/C20H29N3O2.HI/c1-21-19(22-13-15-8-11-24-14-15)23-17-12-20(9-4-5-10-20)25-18-7-3-2-6-16(17)18;/h2-3,6-7,15,17H,4-5,8-14H2,1H3,(H2,21,22,23);1H. The van der Waals surface area contributed by atoms with Gasteiger partial charge in [0.15, 0.2) is 5.96 Å². The quantitative estimate of drug-likeness (QED) is 0.402. The van der Waals surface area contributed by atoms with Gasteiger partial charge in [-0.05, 0) is 38.2 Å². The largest absolute Gasteiger partial charge is 0.487 e. The zero-order valence-corrected chi connectivity index (χ0v) is 17.8. The Kier molecular flexibility index (Phi) is 6.66. The summed E-state index contributed by atoms with van der Waals surface area (Å²) < 4.78 is 11.9. The number of hydrogen-bond donors (Lipinski definition) is 2. The zero-order valence-electron chi connectivity index (χ0n) is 15.5. The van der Waals surface area contributed by atoms with Crippen LogP contribution in [0.1, 0.15) is 50.1 Å². The summed E-state index contributed by atoms with van der Waals surface area (Å²) in [5.74, 6) is 2.50. The summed E-state index contributed by atoms with van der Waals surface area (Å²) in [7, 11) is 1.84. The molecule has 0 radical (unpaired) electrons. The van der Waals surface area contributed by atoms with Crippen molar-refractivity contribution in [2.45, 2.75) is 50.2 Å². The van der Waals surface area contributed by atoms with E-state index in [1.807, 2.05) is 7.05 Å². The summed E-state index contributed by atoms with van der Waals surface area (Å²) in [6.07, 6.45) is 6.99. The third kappa shape index (κ3) is 4.27. The zero-order chi connectivity index (χ0) is 17.1. The van der Waals surface area contributed by atoms with Gasteiger partial charge in [-0.3, -0.25) is 4.99 Å². The van der Waals surface area contributed by atoms with Crippen LogP contribution >= 0.6 is 24.0 Å². The van der Waals surface area contributed by atoms with Crippen LogP contribution < -0.4 is 15.4 Å². The maximum atomic E-state index is 6.45. The molecular weight excluding hydrogens is 441 g/mol. The lowest BCUT2D eigenvalue weighted by Gasteiger charge is -2.40. The van der Waals surface area contributed by atoms with Crippen LogP contribution in [0.5, 0.6) is 5.75 Å². The molecule has 6 heteroatoms. The van der Waals surface area contributed by atoms with Gasteiger partial charge in [0, 0.05) is 38.1 Å². The third-order valence-electron chi connectivity index (χ3n) is 5.83. The van der Waals surface area contributed by atoms with Crippen LogP contribution in [0.2, 0.25) is 0 Å². The van der Waals surface area contributed by atoms with Gasteiger partial charge in [-0.15, -0.1) is 24.0 Å². The highest BCUT2D eigenvalue weighted by Crippen LogP contribution is 2.46. The fraction of sp³-hybridized carbons (Fsp3) is 0.650. The molecule has 0 aromatic heterocycles. The van der Waals surface area contributed by atoms with Gasteiger partial charge in [-0.2, -0.15) is 0 Å². The van der Waals surface area contributed by atoms with Crippen LogP contribution in [0.4, 0.5) is 0 Å². The van der Waals surface area contributed by atoms with E-state index in [-0.39, 0.29) is 35.6 Å². The SMILES string of the molecule is CN=C(NCC1CCOC1)NC1CC2(CCCC2)Oc2ccccc21.I. The van der Waals surface area contributed by atoms with Gasteiger partial charge in [0.1, 0.15) is 11.4 Å². The van der Waals surface area contributed by atoms with Gasteiger partial charge in [0.2, 0.25) is 0 Å². The van der Waals surface area contributed by atoms with Crippen molar-refractivity contribution in [1.82, 2.24) is 10.6 Å². The predicted octanol–water partition coefficient (Wildman–Crippen LogP) is 3.64. The molecule has 1 aromatic rings. The Balaban J connectivity index is 0.00000196. The molecule has 2 atom stereocenters. The molecular formula is C20H30IN3O2. The van der Waals surface area contributed by atoms with Gasteiger partial charge in [0.05, 0.1) is 12.6 Å². The first kappa shape index (κ1) is 19.7. The second-order valence-corrected chi connectivity index (χ2v) is 7.61. The molecule has 3 aliphatic rings. The van der Waals surface area contributed by atoms with E-state index in [0.29, 0.717) is 5.92 Å². The molecule has 0 bridgehead atoms. The molecule has 1 aliphatic carbocycles. The van der Waals surface area contributed by atoms with Crippen molar-refractivity contribution in [2.75, 3.05) is 26.8 Å². The molecule has 0 amide bonds. The van der Waals surface area contributed by atoms with Crippen molar-refractivity contribution < 1.29 is 9.47 Å². The minimum atomic E-state index is 0. The molecule has 2 N–H and O–H groups in total. The van der Waals surface area contributed by atoms with Crippen LogP contribution in [0, 0.1) is 5.92 Å². The third-order valence-corrected chi connectivity index (χ3v) is 5.83. The monoisotopic (exact) mass is 471 g/mol. The summed E-state index contributed by atoms with van der Waals surface area (Å²) >= 11 is 0. The van der Waals surface area contributed by atoms with E-state index in [0.717, 1.165) is 57.2 Å². The van der Waals surface area contributed by atoms with Crippen molar-refractivity contribution in [3.63, 3.8) is 0 Å². The summed E-state index contributed by atoms with van der Waals surface area (Å²) in [5.41, 5.74) is 1.25. The Morgan fingerprint density at radius 1 is 1.27 bits per heavy atom. The average Bonchev–Trinajstić information content (AvgIpc) is 3.31. The number of hydrogen-bond acceptors (Lipinski definition) is 3. The van der Waals surface area contributed by atoms with Crippen molar-refractivity contribution in [2.24, 2.45) is 10.9 Å². The lowest BCUT2D eigenvalue weighted by atomic mass is 9.86. The maximum Gasteiger partial charge on any atom is 0.191 e. The fourth-order valence-electron chi connectivity index (χ4n) is 4.42. The number of fused-ring (bicyclic) bond motifs is 1. The Morgan fingerprint density at radius 2 is 2.08 bits per heavy atom. The molecule has 2 aliphatic heterocycles. The molecule has 144 valence electrons. The van der Waals surface area contributed by atoms with Crippen LogP contribution in [0.25, 0.3) is 0 Å². The number of guanidine groups is 1. The molecule has 2 fully saturated rings. The minimum Gasteiger partial charge on any atom is -0.487 e. The van der Waals surface area contributed by atoms with Gasteiger partial charge in [-0.1, -0.05) is 18.2 Å². The van der Waals surface area contributed by atoms with Crippen molar-refractivity contribution in [1.29, 1.82) is 0 Å². The van der Waals surface area contributed by atoms with Gasteiger partial charge in [0.25, 0.3) is 0 Å². The smallest absolute Gasteiger partial charge is 0.191 e. The Hall–Kier alpha value is -1.02. The second-order valence-electron chi connectivity index (χ2n) is 7.61. The van der Waals surface area contributed by atoms with Gasteiger partial charge in [-0.25, -0.2) is 0 Å². The fourth-order valence-corrected chi connectivity index (χ4v) is 4.42. The molecule has 1 aromatic carbocycles. The van der Waals surface area contributed by atoms with Crippen LogP contribution in [0.3, 0.4) is 0 Å². The number of halogens is 1. The van der Waals surface area contributed by atoms with Crippen LogP contribution in [0.15, 0.2) is 29.3 Å². The second kappa shape index (κ2) is 8.78. The number of benzene rings is 1. The van der Waals surface area contributed by atoms with E-state index < -0.39 is 0 Å². The van der Waals surface area contributed by atoms with Gasteiger partial charge >= 0.3 is 0 Å². The Bertz CT molecular complexity index is 625. The number of nitrogens with one attached hydrogen (secondary N) is 2. The molecule has 26 heavy (non-hydrogen) atoms. The predicted molar refractivity (Wildman–Crippen MR) is 114 cm³/mol. The molecule has 1 saturated carbocycles. The maximum absolute atomic E-state index is 6.45. The van der Waals surface area contributed by atoms with Crippen molar-refractivity contribution in [3.8, 4) is 5.75 Å². The molecule has 5 nitrogen and oxygen atoms in total. The molecule has 1 saturated heterocycles.